The number of hydrogen-bond acceptors (Lipinski definition) is 5. The number of amides is 3. The minimum Gasteiger partial charge on any atom is -0.508 e. The molecule has 0 saturated carbocycles. The van der Waals surface area contributed by atoms with Gasteiger partial charge in [-0.2, -0.15) is 0 Å². The third kappa shape index (κ3) is 11.9. The van der Waals surface area contributed by atoms with E-state index in [1.165, 1.54) is 0 Å². The molecule has 3 unspecified atom stereocenters. The first-order chi connectivity index (χ1) is 20.4. The Bertz CT molecular complexity index is 1160. The summed E-state index contributed by atoms with van der Waals surface area (Å²) in [6, 6.07) is 12.8. The summed E-state index contributed by atoms with van der Waals surface area (Å²) in [5.74, 6) is -0.750. The van der Waals surface area contributed by atoms with Gasteiger partial charge >= 0.3 is 6.09 Å². The number of benzene rings is 2. The summed E-state index contributed by atoms with van der Waals surface area (Å²) >= 11 is 0. The molecular formula is C35H53N3O5. The highest BCUT2D eigenvalue weighted by Gasteiger charge is 2.38. The number of nitrogens with one attached hydrogen (secondary N) is 2. The molecule has 0 spiro atoms. The van der Waals surface area contributed by atoms with Gasteiger partial charge in [0.15, 0.2) is 0 Å². The number of carbonyl (C=O) groups is 3. The van der Waals surface area contributed by atoms with E-state index in [0.717, 1.165) is 37.7 Å². The number of phenols is 1. The van der Waals surface area contributed by atoms with Crippen LogP contribution in [0.2, 0.25) is 0 Å². The van der Waals surface area contributed by atoms with Crippen molar-refractivity contribution in [3.8, 4) is 5.75 Å². The Morgan fingerprint density at radius 1 is 0.953 bits per heavy atom. The highest BCUT2D eigenvalue weighted by Crippen LogP contribution is 2.29. The van der Waals surface area contributed by atoms with Crippen LogP contribution in [0.25, 0.3) is 0 Å². The maximum Gasteiger partial charge on any atom is 0.408 e. The maximum atomic E-state index is 14.5. The van der Waals surface area contributed by atoms with E-state index in [4.69, 9.17) is 4.74 Å². The molecular weight excluding hydrogens is 542 g/mol. The van der Waals surface area contributed by atoms with E-state index >= 15 is 0 Å². The van der Waals surface area contributed by atoms with Crippen LogP contribution < -0.4 is 10.6 Å². The average molecular weight is 596 g/mol. The second-order valence-electron chi connectivity index (χ2n) is 12.5. The lowest BCUT2D eigenvalue weighted by Crippen LogP contribution is -2.55. The van der Waals surface area contributed by atoms with Crippen LogP contribution in [0, 0.1) is 12.8 Å². The van der Waals surface area contributed by atoms with Gasteiger partial charge in [0.2, 0.25) is 11.8 Å². The molecule has 0 aromatic heterocycles. The molecule has 2 aromatic carbocycles. The summed E-state index contributed by atoms with van der Waals surface area (Å²) in [7, 11) is 0. The largest absolute Gasteiger partial charge is 0.508 e. The van der Waals surface area contributed by atoms with Crippen molar-refractivity contribution >= 4 is 17.9 Å². The van der Waals surface area contributed by atoms with E-state index in [0.29, 0.717) is 37.1 Å². The molecule has 0 radical (unpaired) electrons. The minimum atomic E-state index is -0.960. The number of unbranched alkanes of at least 4 members (excludes halogenated alkanes) is 5. The Balaban J connectivity index is 2.50. The predicted octanol–water partition coefficient (Wildman–Crippen LogP) is 7.19. The summed E-state index contributed by atoms with van der Waals surface area (Å²) in [6.45, 7) is 13.8. The van der Waals surface area contributed by atoms with E-state index in [-0.39, 0.29) is 23.5 Å². The molecule has 0 heterocycles. The number of nitrogens with zero attached hydrogens (tertiary/aromatic N) is 1. The quantitative estimate of drug-likeness (QED) is 0.178. The topological polar surface area (TPSA) is 108 Å². The fourth-order valence-electron chi connectivity index (χ4n) is 4.93. The first-order valence-electron chi connectivity index (χ1n) is 15.8. The molecule has 3 amide bonds. The number of phenolic OH excluding ortho intramolecular Hbond substituents is 1. The second-order valence-corrected chi connectivity index (χ2v) is 12.5. The Hall–Kier alpha value is -3.55. The molecule has 8 heteroatoms. The van der Waals surface area contributed by atoms with E-state index in [2.05, 4.69) is 17.6 Å². The monoisotopic (exact) mass is 595 g/mol. The van der Waals surface area contributed by atoms with E-state index in [9.17, 15) is 19.5 Å². The molecule has 2 aromatic rings. The summed E-state index contributed by atoms with van der Waals surface area (Å²) in [4.78, 5) is 43.0. The van der Waals surface area contributed by atoms with Gasteiger partial charge in [0, 0.05) is 13.1 Å². The molecule has 0 saturated heterocycles. The van der Waals surface area contributed by atoms with Crippen LogP contribution in [0.15, 0.2) is 48.5 Å². The maximum absolute atomic E-state index is 14.5. The van der Waals surface area contributed by atoms with E-state index in [1.807, 2.05) is 44.2 Å². The molecule has 0 aliphatic carbocycles. The smallest absolute Gasteiger partial charge is 0.408 e. The zero-order chi connectivity index (χ0) is 32.0. The van der Waals surface area contributed by atoms with Gasteiger partial charge in [-0.3, -0.25) is 9.59 Å². The highest BCUT2D eigenvalue weighted by atomic mass is 16.6. The Labute approximate surface area is 258 Å². The van der Waals surface area contributed by atoms with Crippen LogP contribution in [0.3, 0.4) is 0 Å². The fraction of sp³-hybridized carbons (Fsp3) is 0.571. The number of aromatic hydroxyl groups is 1. The third-order valence-corrected chi connectivity index (χ3v) is 7.59. The molecule has 43 heavy (non-hydrogen) atoms. The number of ether oxygens (including phenoxy) is 1. The number of carbonyl (C=O) groups excluding carboxylic acids is 3. The normalized spacial score (nSPS) is 13.5. The molecule has 2 rings (SSSR count). The van der Waals surface area contributed by atoms with Crippen molar-refractivity contribution < 1.29 is 24.2 Å². The first-order valence-corrected chi connectivity index (χ1v) is 15.8. The van der Waals surface area contributed by atoms with Gasteiger partial charge in [-0.05, 0) is 68.9 Å². The number of aryl methyl sites for hydroxylation is 1. The van der Waals surface area contributed by atoms with Crippen LogP contribution in [-0.4, -0.2) is 46.1 Å². The van der Waals surface area contributed by atoms with Crippen LogP contribution >= 0.6 is 0 Å². The second kappa shape index (κ2) is 17.5. The summed E-state index contributed by atoms with van der Waals surface area (Å²) < 4.78 is 5.51. The third-order valence-electron chi connectivity index (χ3n) is 7.59. The molecule has 0 bridgehead atoms. The molecule has 0 fully saturated rings. The number of hydrogen-bond donors (Lipinski definition) is 3. The fourth-order valence-corrected chi connectivity index (χ4v) is 4.93. The van der Waals surface area contributed by atoms with Gasteiger partial charge in [0.25, 0.3) is 0 Å². The van der Waals surface area contributed by atoms with Gasteiger partial charge in [-0.25, -0.2) is 4.79 Å². The Morgan fingerprint density at radius 2 is 1.60 bits per heavy atom. The van der Waals surface area contributed by atoms with Gasteiger partial charge in [-0.15, -0.1) is 0 Å². The minimum absolute atomic E-state index is 0.116. The molecule has 3 N–H and O–H groups in total. The van der Waals surface area contributed by atoms with Crippen molar-refractivity contribution in [2.75, 3.05) is 6.54 Å². The van der Waals surface area contributed by atoms with Gasteiger partial charge in [0.05, 0.1) is 0 Å². The summed E-state index contributed by atoms with van der Waals surface area (Å²) in [6.07, 6.45) is 6.08. The predicted molar refractivity (Wildman–Crippen MR) is 172 cm³/mol. The zero-order valence-corrected chi connectivity index (χ0v) is 27.2. The van der Waals surface area contributed by atoms with Crippen LogP contribution in [0.5, 0.6) is 5.75 Å². The standard InChI is InChI=1S/C35H53N3O5/c1-8-10-11-12-13-17-22-38(33(41)30(25(3)9-2)37-34(42)43-35(5,6)7)31(28-20-21-29(39)26(4)23-28)32(40)36-24-27-18-15-14-16-19-27/h14-16,18-21,23,25,30-31,39H,8-13,17,22,24H2,1-7H3,(H,36,40)(H,37,42). The lowest BCUT2D eigenvalue weighted by molar-refractivity contribution is -0.143. The first kappa shape index (κ1) is 35.6. The molecule has 238 valence electrons. The number of alkyl carbamates (subject to hydrolysis) is 1. The Morgan fingerprint density at radius 3 is 2.21 bits per heavy atom. The van der Waals surface area contributed by atoms with E-state index < -0.39 is 23.8 Å². The summed E-state index contributed by atoms with van der Waals surface area (Å²) in [5, 5.41) is 16.1. The molecule has 0 aliphatic rings. The van der Waals surface area contributed by atoms with Gasteiger partial charge in [-0.1, -0.05) is 95.7 Å². The van der Waals surface area contributed by atoms with Gasteiger partial charge < -0.3 is 25.4 Å². The molecule has 0 aliphatic heterocycles. The Kier molecular flexibility index (Phi) is 14.5. The number of rotatable bonds is 16. The summed E-state index contributed by atoms with van der Waals surface area (Å²) in [5.41, 5.74) is 1.42. The van der Waals surface area contributed by atoms with Crippen LogP contribution in [0.1, 0.15) is 109 Å². The SMILES string of the molecule is CCCCCCCCN(C(=O)C(NC(=O)OC(C)(C)C)C(C)CC)C(C(=O)NCc1ccccc1)c1ccc(O)c(C)c1. The van der Waals surface area contributed by atoms with Crippen LogP contribution in [-0.2, 0) is 20.9 Å². The van der Waals surface area contributed by atoms with Crippen molar-refractivity contribution in [1.82, 2.24) is 15.5 Å². The van der Waals surface area contributed by atoms with Gasteiger partial charge in [0.1, 0.15) is 23.4 Å². The van der Waals surface area contributed by atoms with Crippen LogP contribution in [0.4, 0.5) is 4.79 Å². The van der Waals surface area contributed by atoms with Crippen molar-refractivity contribution in [3.63, 3.8) is 0 Å². The van der Waals surface area contributed by atoms with Crippen molar-refractivity contribution in [2.45, 2.75) is 118 Å². The van der Waals surface area contributed by atoms with Crippen molar-refractivity contribution in [3.05, 3.63) is 65.2 Å². The highest BCUT2D eigenvalue weighted by molar-refractivity contribution is 5.92. The lowest BCUT2D eigenvalue weighted by atomic mass is 9.95. The van der Waals surface area contributed by atoms with Crippen molar-refractivity contribution in [2.24, 2.45) is 5.92 Å². The zero-order valence-electron chi connectivity index (χ0n) is 27.2. The average Bonchev–Trinajstić information content (AvgIpc) is 2.96. The molecule has 8 nitrogen and oxygen atoms in total. The van der Waals surface area contributed by atoms with E-state index in [1.54, 1.807) is 50.8 Å². The lowest BCUT2D eigenvalue weighted by Gasteiger charge is -2.36. The van der Waals surface area contributed by atoms with Crippen molar-refractivity contribution in [1.29, 1.82) is 0 Å². The molecule has 3 atom stereocenters.